The number of hydrogen-bond acceptors (Lipinski definition) is 2. The molecule has 0 spiro atoms. The van der Waals surface area contributed by atoms with Gasteiger partial charge >= 0.3 is 0 Å². The van der Waals surface area contributed by atoms with Crippen LogP contribution < -0.4 is 10.2 Å². The molecule has 0 radical (unpaired) electrons. The second-order valence-corrected chi connectivity index (χ2v) is 6.03. The molecule has 3 aromatic carbocycles. The fourth-order valence-corrected chi connectivity index (χ4v) is 2.62. The van der Waals surface area contributed by atoms with E-state index in [0.717, 1.165) is 16.8 Å². The summed E-state index contributed by atoms with van der Waals surface area (Å²) in [6.45, 7) is 1.50. The molecule has 4 nitrogen and oxygen atoms in total. The summed E-state index contributed by atoms with van der Waals surface area (Å²) in [5, 5.41) is 2.87. The molecule has 0 heterocycles. The van der Waals surface area contributed by atoms with Crippen LogP contribution in [0.1, 0.15) is 17.3 Å². The van der Waals surface area contributed by atoms with Crippen molar-refractivity contribution in [1.29, 1.82) is 0 Å². The fourth-order valence-electron chi connectivity index (χ4n) is 2.62. The van der Waals surface area contributed by atoms with Gasteiger partial charge in [-0.1, -0.05) is 48.5 Å². The van der Waals surface area contributed by atoms with E-state index < -0.39 is 0 Å². The average Bonchev–Trinajstić information content (AvgIpc) is 2.68. The maximum Gasteiger partial charge on any atom is 0.255 e. The maximum absolute atomic E-state index is 12.5. The molecule has 0 saturated carbocycles. The molecular weight excluding hydrogens is 324 g/mol. The van der Waals surface area contributed by atoms with Gasteiger partial charge in [0.2, 0.25) is 5.91 Å². The van der Waals surface area contributed by atoms with E-state index >= 15 is 0 Å². The largest absolute Gasteiger partial charge is 0.322 e. The number of carbonyl (C=O) groups excluding carboxylic acids is 2. The number of benzene rings is 3. The normalized spacial score (nSPS) is 10.2. The molecule has 130 valence electrons. The summed E-state index contributed by atoms with van der Waals surface area (Å²) in [5.41, 5.74) is 4.13. The zero-order valence-electron chi connectivity index (χ0n) is 14.8. The highest BCUT2D eigenvalue weighted by atomic mass is 16.2. The molecule has 0 fully saturated rings. The molecule has 0 saturated heterocycles. The predicted octanol–water partition coefficient (Wildman–Crippen LogP) is 4.59. The van der Waals surface area contributed by atoms with Crippen molar-refractivity contribution in [3.63, 3.8) is 0 Å². The summed E-state index contributed by atoms with van der Waals surface area (Å²) in [4.78, 5) is 25.5. The van der Waals surface area contributed by atoms with Gasteiger partial charge in [-0.25, -0.2) is 0 Å². The van der Waals surface area contributed by atoms with Gasteiger partial charge in [0, 0.05) is 30.9 Å². The Morgan fingerprint density at radius 3 is 2.12 bits per heavy atom. The van der Waals surface area contributed by atoms with E-state index in [9.17, 15) is 9.59 Å². The first-order valence-electron chi connectivity index (χ1n) is 8.36. The Morgan fingerprint density at radius 1 is 0.808 bits per heavy atom. The first kappa shape index (κ1) is 17.4. The van der Waals surface area contributed by atoms with Crippen LogP contribution in [0.15, 0.2) is 78.9 Å². The van der Waals surface area contributed by atoms with Crippen molar-refractivity contribution in [1.82, 2.24) is 0 Å². The quantitative estimate of drug-likeness (QED) is 0.752. The van der Waals surface area contributed by atoms with Gasteiger partial charge in [0.05, 0.1) is 0 Å². The molecule has 0 aliphatic rings. The molecule has 3 rings (SSSR count). The van der Waals surface area contributed by atoms with Crippen LogP contribution in [0.25, 0.3) is 11.1 Å². The third-order valence-corrected chi connectivity index (χ3v) is 4.22. The second kappa shape index (κ2) is 7.66. The van der Waals surface area contributed by atoms with Crippen molar-refractivity contribution in [2.24, 2.45) is 0 Å². The minimum Gasteiger partial charge on any atom is -0.322 e. The molecule has 2 amide bonds. The lowest BCUT2D eigenvalue weighted by Crippen LogP contribution is -2.23. The van der Waals surface area contributed by atoms with Crippen molar-refractivity contribution < 1.29 is 9.59 Å². The summed E-state index contributed by atoms with van der Waals surface area (Å²) in [6.07, 6.45) is 0. The topological polar surface area (TPSA) is 49.4 Å². The smallest absolute Gasteiger partial charge is 0.255 e. The van der Waals surface area contributed by atoms with Gasteiger partial charge in [-0.3, -0.25) is 9.59 Å². The second-order valence-electron chi connectivity index (χ2n) is 6.03. The van der Waals surface area contributed by atoms with E-state index in [2.05, 4.69) is 5.32 Å². The van der Waals surface area contributed by atoms with Crippen molar-refractivity contribution in [2.75, 3.05) is 17.3 Å². The number of carbonyl (C=O) groups is 2. The highest BCUT2D eigenvalue weighted by Crippen LogP contribution is 2.21. The van der Waals surface area contributed by atoms with E-state index in [1.54, 1.807) is 19.2 Å². The molecule has 0 aromatic heterocycles. The molecule has 0 aliphatic carbocycles. The number of nitrogens with one attached hydrogen (secondary N) is 1. The molecule has 0 aliphatic heterocycles. The number of nitrogens with zero attached hydrogens (tertiary/aromatic N) is 1. The molecular formula is C22H20N2O2. The minimum absolute atomic E-state index is 0.0648. The summed E-state index contributed by atoms with van der Waals surface area (Å²) in [5.74, 6) is -0.253. The summed E-state index contributed by atoms with van der Waals surface area (Å²) >= 11 is 0. The van der Waals surface area contributed by atoms with Gasteiger partial charge < -0.3 is 10.2 Å². The SMILES string of the molecule is CC(=O)N(C)c1cccc(NC(=O)c2ccc(-c3ccccc3)cc2)c1. The third kappa shape index (κ3) is 3.98. The van der Waals surface area contributed by atoms with Crippen LogP contribution in [0.2, 0.25) is 0 Å². The lowest BCUT2D eigenvalue weighted by molar-refractivity contribution is -0.116. The first-order valence-corrected chi connectivity index (χ1v) is 8.36. The molecule has 0 atom stereocenters. The van der Waals surface area contributed by atoms with Crippen LogP contribution in [0.5, 0.6) is 0 Å². The Bertz CT molecular complexity index is 918. The predicted molar refractivity (Wildman–Crippen MR) is 105 cm³/mol. The summed E-state index contributed by atoms with van der Waals surface area (Å²) in [6, 6.07) is 24.7. The third-order valence-electron chi connectivity index (χ3n) is 4.22. The van der Waals surface area contributed by atoms with Crippen LogP contribution in [-0.2, 0) is 4.79 Å². The molecule has 4 heteroatoms. The lowest BCUT2D eigenvalue weighted by atomic mass is 10.0. The molecule has 1 N–H and O–H groups in total. The lowest BCUT2D eigenvalue weighted by Gasteiger charge is -2.16. The Morgan fingerprint density at radius 2 is 1.46 bits per heavy atom. The van der Waals surface area contributed by atoms with Crippen LogP contribution >= 0.6 is 0 Å². The van der Waals surface area contributed by atoms with Crippen LogP contribution in [0, 0.1) is 0 Å². The Labute approximate surface area is 153 Å². The van der Waals surface area contributed by atoms with E-state index in [-0.39, 0.29) is 11.8 Å². The van der Waals surface area contributed by atoms with Crippen LogP contribution in [0.3, 0.4) is 0 Å². The van der Waals surface area contributed by atoms with E-state index in [1.807, 2.05) is 66.7 Å². The van der Waals surface area contributed by atoms with Crippen molar-refractivity contribution in [3.8, 4) is 11.1 Å². The Hall–Kier alpha value is -3.40. The average molecular weight is 344 g/mol. The number of rotatable bonds is 4. The number of anilines is 2. The fraction of sp³-hybridized carbons (Fsp3) is 0.0909. The summed E-state index contributed by atoms with van der Waals surface area (Å²) in [7, 11) is 1.70. The first-order chi connectivity index (χ1) is 12.5. The number of amides is 2. The molecule has 0 unspecified atom stereocenters. The van der Waals surface area contributed by atoms with Gasteiger partial charge in [-0.15, -0.1) is 0 Å². The van der Waals surface area contributed by atoms with Crippen molar-refractivity contribution in [3.05, 3.63) is 84.4 Å². The molecule has 0 bridgehead atoms. The highest BCUT2D eigenvalue weighted by molar-refractivity contribution is 6.05. The van der Waals surface area contributed by atoms with Crippen molar-refractivity contribution in [2.45, 2.75) is 6.92 Å². The molecule has 3 aromatic rings. The summed E-state index contributed by atoms with van der Waals surface area (Å²) < 4.78 is 0. The number of hydrogen-bond donors (Lipinski definition) is 1. The van der Waals surface area contributed by atoms with Crippen LogP contribution in [0.4, 0.5) is 11.4 Å². The van der Waals surface area contributed by atoms with E-state index in [1.165, 1.54) is 11.8 Å². The highest BCUT2D eigenvalue weighted by Gasteiger charge is 2.09. The standard InChI is InChI=1S/C22H20N2O2/c1-16(25)24(2)21-10-6-9-20(15-21)23-22(26)19-13-11-18(12-14-19)17-7-4-3-5-8-17/h3-15H,1-2H3,(H,23,26). The van der Waals surface area contributed by atoms with Gasteiger partial charge in [0.15, 0.2) is 0 Å². The van der Waals surface area contributed by atoms with Crippen molar-refractivity contribution >= 4 is 23.2 Å². The van der Waals surface area contributed by atoms with Gasteiger partial charge in [-0.2, -0.15) is 0 Å². The molecule has 26 heavy (non-hydrogen) atoms. The van der Waals surface area contributed by atoms with Gasteiger partial charge in [0.1, 0.15) is 0 Å². The Balaban J connectivity index is 1.74. The zero-order valence-corrected chi connectivity index (χ0v) is 14.8. The minimum atomic E-state index is -0.188. The van der Waals surface area contributed by atoms with Crippen LogP contribution in [-0.4, -0.2) is 18.9 Å². The van der Waals surface area contributed by atoms with Gasteiger partial charge in [0.25, 0.3) is 5.91 Å². The maximum atomic E-state index is 12.5. The zero-order chi connectivity index (χ0) is 18.5. The van der Waals surface area contributed by atoms with E-state index in [4.69, 9.17) is 0 Å². The van der Waals surface area contributed by atoms with Gasteiger partial charge in [-0.05, 0) is 41.5 Å². The van der Waals surface area contributed by atoms with E-state index in [0.29, 0.717) is 11.3 Å². The Kier molecular flexibility index (Phi) is 5.13. The monoisotopic (exact) mass is 344 g/mol.